The number of rotatable bonds is 8. The molecule has 2 aromatic carbocycles. The molecule has 1 aliphatic rings. The molecule has 0 atom stereocenters. The van der Waals surface area contributed by atoms with Crippen molar-refractivity contribution in [2.45, 2.75) is 19.9 Å². The summed E-state index contributed by atoms with van der Waals surface area (Å²) in [7, 11) is 0. The van der Waals surface area contributed by atoms with Crippen LogP contribution in [0, 0.1) is 0 Å². The lowest BCUT2D eigenvalue weighted by Crippen LogP contribution is -2.40. The number of benzene rings is 2. The maximum absolute atomic E-state index is 12.2. The molecule has 0 aliphatic carbocycles. The first kappa shape index (κ1) is 21.0. The third kappa shape index (κ3) is 5.44. The molecule has 156 valence electrons. The predicted molar refractivity (Wildman–Crippen MR) is 108 cm³/mol. The van der Waals surface area contributed by atoms with Crippen LogP contribution in [-0.4, -0.2) is 43.3 Å². The Kier molecular flexibility index (Phi) is 6.79. The molecule has 8 heteroatoms. The Labute approximate surface area is 173 Å². The van der Waals surface area contributed by atoms with Crippen molar-refractivity contribution in [3.8, 4) is 5.75 Å². The molecule has 1 N–H and O–H groups in total. The second-order valence-electron chi connectivity index (χ2n) is 6.74. The molecular weight excluding hydrogens is 388 g/mol. The van der Waals surface area contributed by atoms with Gasteiger partial charge in [-0.15, -0.1) is 0 Å². The molecule has 2 aromatic rings. The summed E-state index contributed by atoms with van der Waals surface area (Å²) >= 11 is 0. The number of para-hydroxylation sites is 2. The molecule has 0 aromatic heterocycles. The Morgan fingerprint density at radius 2 is 1.83 bits per heavy atom. The van der Waals surface area contributed by atoms with Crippen molar-refractivity contribution in [3.63, 3.8) is 0 Å². The monoisotopic (exact) mass is 410 g/mol. The Balaban J connectivity index is 1.47. The van der Waals surface area contributed by atoms with Crippen LogP contribution in [0.4, 0.5) is 5.69 Å². The SMILES string of the molecule is CC(=O)NCc1ccc(C(=O)COC(=O)CCN2C(=O)COc3ccccc32)cc1. The minimum Gasteiger partial charge on any atom is -0.482 e. The lowest BCUT2D eigenvalue weighted by Gasteiger charge is -2.28. The van der Waals surface area contributed by atoms with Crippen LogP contribution in [0.25, 0.3) is 0 Å². The topological polar surface area (TPSA) is 102 Å². The van der Waals surface area contributed by atoms with Crippen LogP contribution in [0.2, 0.25) is 0 Å². The van der Waals surface area contributed by atoms with Gasteiger partial charge in [0, 0.05) is 25.6 Å². The number of amides is 2. The zero-order valence-electron chi connectivity index (χ0n) is 16.6. The highest BCUT2D eigenvalue weighted by molar-refractivity contribution is 5.99. The van der Waals surface area contributed by atoms with Gasteiger partial charge in [-0.1, -0.05) is 36.4 Å². The number of nitrogens with one attached hydrogen (secondary N) is 1. The van der Waals surface area contributed by atoms with E-state index < -0.39 is 5.97 Å². The fourth-order valence-electron chi connectivity index (χ4n) is 2.94. The summed E-state index contributed by atoms with van der Waals surface area (Å²) in [4.78, 5) is 48.8. The van der Waals surface area contributed by atoms with E-state index in [0.29, 0.717) is 23.5 Å². The van der Waals surface area contributed by atoms with E-state index in [1.807, 2.05) is 0 Å². The van der Waals surface area contributed by atoms with E-state index in [4.69, 9.17) is 9.47 Å². The van der Waals surface area contributed by atoms with E-state index in [1.54, 1.807) is 48.5 Å². The average molecular weight is 410 g/mol. The Hall–Kier alpha value is -3.68. The fourth-order valence-corrected chi connectivity index (χ4v) is 2.94. The van der Waals surface area contributed by atoms with Gasteiger partial charge in [0.25, 0.3) is 5.91 Å². The quantitative estimate of drug-likeness (QED) is 0.527. The number of hydrogen-bond acceptors (Lipinski definition) is 6. The minimum atomic E-state index is -0.567. The van der Waals surface area contributed by atoms with Gasteiger partial charge in [-0.25, -0.2) is 0 Å². The molecule has 0 saturated carbocycles. The summed E-state index contributed by atoms with van der Waals surface area (Å²) in [5, 5.41) is 2.67. The third-order valence-electron chi connectivity index (χ3n) is 4.53. The van der Waals surface area contributed by atoms with Gasteiger partial charge in [0.15, 0.2) is 19.0 Å². The molecule has 0 unspecified atom stereocenters. The Morgan fingerprint density at radius 1 is 1.10 bits per heavy atom. The van der Waals surface area contributed by atoms with E-state index in [-0.39, 0.29) is 43.8 Å². The van der Waals surface area contributed by atoms with E-state index >= 15 is 0 Å². The van der Waals surface area contributed by atoms with Crippen LogP contribution in [0.15, 0.2) is 48.5 Å². The number of nitrogens with zero attached hydrogens (tertiary/aromatic N) is 1. The van der Waals surface area contributed by atoms with Crippen molar-refractivity contribution in [1.29, 1.82) is 0 Å². The van der Waals surface area contributed by atoms with Crippen molar-refractivity contribution in [3.05, 3.63) is 59.7 Å². The summed E-state index contributed by atoms with van der Waals surface area (Å²) in [6.07, 6.45) is -0.0387. The van der Waals surface area contributed by atoms with Crippen LogP contribution in [0.3, 0.4) is 0 Å². The summed E-state index contributed by atoms with van der Waals surface area (Å²) in [6.45, 7) is 1.49. The highest BCUT2D eigenvalue weighted by Crippen LogP contribution is 2.31. The van der Waals surface area contributed by atoms with Crippen molar-refractivity contribution in [2.75, 3.05) is 24.7 Å². The maximum Gasteiger partial charge on any atom is 0.308 e. The van der Waals surface area contributed by atoms with Gasteiger partial charge in [0.1, 0.15) is 5.75 Å². The largest absolute Gasteiger partial charge is 0.482 e. The number of esters is 1. The summed E-state index contributed by atoms with van der Waals surface area (Å²) < 4.78 is 10.4. The van der Waals surface area contributed by atoms with Crippen LogP contribution in [-0.2, 0) is 25.7 Å². The van der Waals surface area contributed by atoms with Crippen molar-refractivity contribution in [1.82, 2.24) is 5.32 Å². The molecule has 0 spiro atoms. The van der Waals surface area contributed by atoms with E-state index in [9.17, 15) is 19.2 Å². The maximum atomic E-state index is 12.2. The average Bonchev–Trinajstić information content (AvgIpc) is 2.75. The van der Waals surface area contributed by atoms with Crippen molar-refractivity contribution < 1.29 is 28.7 Å². The van der Waals surface area contributed by atoms with Gasteiger partial charge in [0.2, 0.25) is 5.91 Å². The summed E-state index contributed by atoms with van der Waals surface area (Å²) in [5.74, 6) is -0.687. The number of ether oxygens (including phenoxy) is 2. The molecule has 1 heterocycles. The van der Waals surface area contributed by atoms with Gasteiger partial charge in [0.05, 0.1) is 12.1 Å². The van der Waals surface area contributed by atoms with Crippen molar-refractivity contribution >= 4 is 29.3 Å². The molecule has 1 aliphatic heterocycles. The fraction of sp³-hybridized carbons (Fsp3) is 0.273. The zero-order valence-corrected chi connectivity index (χ0v) is 16.6. The Morgan fingerprint density at radius 3 is 2.57 bits per heavy atom. The third-order valence-corrected chi connectivity index (χ3v) is 4.53. The van der Waals surface area contributed by atoms with Crippen LogP contribution in [0.1, 0.15) is 29.3 Å². The smallest absolute Gasteiger partial charge is 0.308 e. The second kappa shape index (κ2) is 9.69. The van der Waals surface area contributed by atoms with Gasteiger partial charge >= 0.3 is 5.97 Å². The number of carbonyl (C=O) groups is 4. The van der Waals surface area contributed by atoms with Crippen LogP contribution < -0.4 is 15.0 Å². The lowest BCUT2D eigenvalue weighted by molar-refractivity contribution is -0.142. The molecule has 30 heavy (non-hydrogen) atoms. The minimum absolute atomic E-state index is 0.0387. The lowest BCUT2D eigenvalue weighted by atomic mass is 10.1. The second-order valence-corrected chi connectivity index (χ2v) is 6.74. The molecule has 0 radical (unpaired) electrons. The zero-order chi connectivity index (χ0) is 21.5. The molecule has 8 nitrogen and oxygen atoms in total. The molecule has 3 rings (SSSR count). The molecule has 2 amide bonds. The number of Topliss-reactive ketones (excluding diaryl/α,β-unsaturated/α-hetero) is 1. The first-order chi connectivity index (χ1) is 14.4. The molecule has 0 bridgehead atoms. The molecular formula is C22H22N2O6. The molecule has 0 fully saturated rings. The number of fused-ring (bicyclic) bond motifs is 1. The number of anilines is 1. The van der Waals surface area contributed by atoms with Gasteiger partial charge < -0.3 is 19.7 Å². The predicted octanol–water partition coefficient (Wildman–Crippen LogP) is 1.86. The molecule has 0 saturated heterocycles. The number of carbonyl (C=O) groups excluding carboxylic acids is 4. The highest BCUT2D eigenvalue weighted by Gasteiger charge is 2.25. The first-order valence-electron chi connectivity index (χ1n) is 9.48. The van der Waals surface area contributed by atoms with E-state index in [1.165, 1.54) is 11.8 Å². The van der Waals surface area contributed by atoms with Crippen LogP contribution >= 0.6 is 0 Å². The highest BCUT2D eigenvalue weighted by atomic mass is 16.5. The summed E-state index contributed by atoms with van der Waals surface area (Å²) in [6, 6.07) is 13.8. The number of hydrogen-bond donors (Lipinski definition) is 1. The van der Waals surface area contributed by atoms with E-state index in [0.717, 1.165) is 5.56 Å². The van der Waals surface area contributed by atoms with Gasteiger partial charge in [-0.05, 0) is 17.7 Å². The Bertz CT molecular complexity index is 954. The standard InChI is InChI=1S/C22H22N2O6/c1-15(25)23-12-16-6-8-17(9-7-16)19(26)13-30-22(28)10-11-24-18-4-2-3-5-20(18)29-14-21(24)27/h2-9H,10-14H2,1H3,(H,23,25). The number of ketones is 1. The van der Waals surface area contributed by atoms with E-state index in [2.05, 4.69) is 5.32 Å². The summed E-state index contributed by atoms with van der Waals surface area (Å²) in [5.41, 5.74) is 1.87. The van der Waals surface area contributed by atoms with Crippen LogP contribution in [0.5, 0.6) is 5.75 Å². The van der Waals surface area contributed by atoms with Gasteiger partial charge in [-0.3, -0.25) is 19.2 Å². The van der Waals surface area contributed by atoms with Gasteiger partial charge in [-0.2, -0.15) is 0 Å². The van der Waals surface area contributed by atoms with Crippen molar-refractivity contribution in [2.24, 2.45) is 0 Å². The normalized spacial score (nSPS) is 12.6. The first-order valence-corrected chi connectivity index (χ1v) is 9.48.